The van der Waals surface area contributed by atoms with E-state index in [2.05, 4.69) is 10.3 Å². The summed E-state index contributed by atoms with van der Waals surface area (Å²) in [5.41, 5.74) is 3.07. The Morgan fingerprint density at radius 3 is 2.43 bits per heavy atom. The van der Waals surface area contributed by atoms with Gasteiger partial charge in [-0.2, -0.15) is 0 Å². The maximum Gasteiger partial charge on any atom is 0.340 e. The van der Waals surface area contributed by atoms with Crippen LogP contribution in [0.3, 0.4) is 0 Å². The van der Waals surface area contributed by atoms with Gasteiger partial charge in [-0.3, -0.25) is 19.3 Å². The minimum atomic E-state index is -0.469. The molecule has 0 unspecified atom stereocenters. The smallest absolute Gasteiger partial charge is 0.340 e. The van der Waals surface area contributed by atoms with Gasteiger partial charge in [0.1, 0.15) is 5.69 Å². The molecule has 1 saturated heterocycles. The van der Waals surface area contributed by atoms with Gasteiger partial charge in [0.2, 0.25) is 5.91 Å². The van der Waals surface area contributed by atoms with Crippen molar-refractivity contribution in [2.24, 2.45) is 0 Å². The summed E-state index contributed by atoms with van der Waals surface area (Å²) in [6, 6.07) is 6.89. The van der Waals surface area contributed by atoms with Crippen LogP contribution in [0.5, 0.6) is 0 Å². The highest BCUT2D eigenvalue weighted by atomic mass is 32.2. The molecule has 0 aliphatic carbocycles. The molecule has 1 aliphatic rings. The number of aromatic nitrogens is 1. The lowest BCUT2D eigenvalue weighted by Crippen LogP contribution is -2.27. The zero-order chi connectivity index (χ0) is 22.0. The highest BCUT2D eigenvalue weighted by Gasteiger charge is 2.29. The molecule has 9 heteroatoms. The molecule has 1 fully saturated rings. The topological polar surface area (TPSA) is 109 Å². The molecule has 3 rings (SSSR count). The summed E-state index contributed by atoms with van der Waals surface area (Å²) in [5, 5.41) is 2.54. The molecule has 0 bridgehead atoms. The van der Waals surface area contributed by atoms with Crippen molar-refractivity contribution in [3.63, 3.8) is 0 Å². The molecule has 158 valence electrons. The third-order valence-corrected chi connectivity index (χ3v) is 5.46. The van der Waals surface area contributed by atoms with Crippen LogP contribution in [0.2, 0.25) is 0 Å². The Labute approximate surface area is 178 Å². The number of hydrogen-bond donors (Lipinski definition) is 2. The van der Waals surface area contributed by atoms with Crippen molar-refractivity contribution < 1.29 is 23.9 Å². The molecular formula is C21H23N3O5S. The monoisotopic (exact) mass is 429 g/mol. The summed E-state index contributed by atoms with van der Waals surface area (Å²) in [6.07, 6.45) is -0.258. The summed E-state index contributed by atoms with van der Waals surface area (Å²) in [6.45, 7) is 7.14. The number of aromatic amines is 1. The van der Waals surface area contributed by atoms with Crippen molar-refractivity contribution in [3.8, 4) is 0 Å². The van der Waals surface area contributed by atoms with Crippen LogP contribution in [-0.4, -0.2) is 44.8 Å². The number of thioether (sulfide) groups is 1. The number of ether oxygens (including phenoxy) is 1. The molecule has 0 radical (unpaired) electrons. The third-order valence-electron chi connectivity index (χ3n) is 4.60. The van der Waals surface area contributed by atoms with Crippen molar-refractivity contribution in [2.75, 3.05) is 11.1 Å². The summed E-state index contributed by atoms with van der Waals surface area (Å²) < 4.78 is 5.25. The molecule has 8 nitrogen and oxygen atoms in total. The number of aryl methyl sites for hydroxylation is 1. The standard InChI is InChI=1S/C21H23N3O5S/c1-11(2)29-20(27)17-12(3)18(22-13(17)4)19(26)23-15-7-5-14(6-8-15)9-24-16(25)10-30-21(24)28/h5-8,11,22H,9-10H2,1-4H3,(H,23,26). The van der Waals surface area contributed by atoms with Crippen LogP contribution < -0.4 is 5.32 Å². The SMILES string of the molecule is Cc1[nH]c(C(=O)Nc2ccc(CN3C(=O)CSC3=O)cc2)c(C)c1C(=O)OC(C)C. The average Bonchev–Trinajstić information content (AvgIpc) is 3.15. The molecule has 3 amide bonds. The van der Waals surface area contributed by atoms with E-state index in [0.29, 0.717) is 22.5 Å². The fourth-order valence-corrected chi connectivity index (χ4v) is 3.88. The molecule has 2 heterocycles. The lowest BCUT2D eigenvalue weighted by atomic mass is 10.1. The zero-order valence-corrected chi connectivity index (χ0v) is 18.0. The summed E-state index contributed by atoms with van der Waals surface area (Å²) in [7, 11) is 0. The van der Waals surface area contributed by atoms with E-state index in [1.165, 1.54) is 4.90 Å². The number of hydrogen-bond acceptors (Lipinski definition) is 6. The first-order valence-electron chi connectivity index (χ1n) is 9.45. The van der Waals surface area contributed by atoms with Gasteiger partial charge in [-0.25, -0.2) is 4.79 Å². The fraction of sp³-hybridized carbons (Fsp3) is 0.333. The molecule has 0 atom stereocenters. The van der Waals surface area contributed by atoms with E-state index in [9.17, 15) is 19.2 Å². The van der Waals surface area contributed by atoms with Crippen LogP contribution in [0.4, 0.5) is 10.5 Å². The Kier molecular flexibility index (Phi) is 6.31. The van der Waals surface area contributed by atoms with E-state index in [4.69, 9.17) is 4.74 Å². The maximum atomic E-state index is 12.7. The van der Waals surface area contributed by atoms with E-state index >= 15 is 0 Å². The molecule has 2 aromatic rings. The number of esters is 1. The molecule has 0 spiro atoms. The van der Waals surface area contributed by atoms with Crippen LogP contribution >= 0.6 is 11.8 Å². The van der Waals surface area contributed by atoms with E-state index in [1.54, 1.807) is 52.0 Å². The van der Waals surface area contributed by atoms with Gasteiger partial charge in [-0.1, -0.05) is 23.9 Å². The van der Waals surface area contributed by atoms with Crippen LogP contribution in [0.1, 0.15) is 51.5 Å². The fourth-order valence-electron chi connectivity index (χ4n) is 3.16. The average molecular weight is 429 g/mol. The van der Waals surface area contributed by atoms with Gasteiger partial charge >= 0.3 is 5.97 Å². The first-order chi connectivity index (χ1) is 14.2. The highest BCUT2D eigenvalue weighted by molar-refractivity contribution is 8.14. The van der Waals surface area contributed by atoms with Crippen molar-refractivity contribution in [1.29, 1.82) is 0 Å². The number of nitrogens with zero attached hydrogens (tertiary/aromatic N) is 1. The molecular weight excluding hydrogens is 406 g/mol. The largest absolute Gasteiger partial charge is 0.459 e. The quantitative estimate of drug-likeness (QED) is 0.679. The molecule has 1 aliphatic heterocycles. The zero-order valence-electron chi connectivity index (χ0n) is 17.2. The Morgan fingerprint density at radius 1 is 1.20 bits per heavy atom. The van der Waals surface area contributed by atoms with Gasteiger partial charge in [-0.15, -0.1) is 0 Å². The number of carbonyl (C=O) groups is 4. The molecule has 30 heavy (non-hydrogen) atoms. The minimum Gasteiger partial charge on any atom is -0.459 e. The lowest BCUT2D eigenvalue weighted by Gasteiger charge is -2.13. The van der Waals surface area contributed by atoms with E-state index in [1.807, 2.05) is 0 Å². The Bertz CT molecular complexity index is 994. The summed E-state index contributed by atoms with van der Waals surface area (Å²) in [5.74, 6) is -0.877. The second-order valence-corrected chi connectivity index (χ2v) is 8.19. The molecule has 2 N–H and O–H groups in total. The second kappa shape index (κ2) is 8.74. The predicted octanol–water partition coefficient (Wildman–Crippen LogP) is 3.64. The number of rotatable bonds is 6. The van der Waals surface area contributed by atoms with E-state index < -0.39 is 5.97 Å². The number of H-pyrrole nitrogens is 1. The van der Waals surface area contributed by atoms with Crippen LogP contribution in [0, 0.1) is 13.8 Å². The summed E-state index contributed by atoms with van der Waals surface area (Å²) in [4.78, 5) is 52.6. The Morgan fingerprint density at radius 2 is 1.87 bits per heavy atom. The Balaban J connectivity index is 1.70. The van der Waals surface area contributed by atoms with Gasteiger partial charge < -0.3 is 15.0 Å². The van der Waals surface area contributed by atoms with Gasteiger partial charge in [0.05, 0.1) is 24.0 Å². The van der Waals surface area contributed by atoms with Crippen LogP contribution in [-0.2, 0) is 16.1 Å². The van der Waals surface area contributed by atoms with Crippen molar-refractivity contribution >= 4 is 40.5 Å². The van der Waals surface area contributed by atoms with Crippen molar-refractivity contribution in [1.82, 2.24) is 9.88 Å². The lowest BCUT2D eigenvalue weighted by molar-refractivity contribution is -0.125. The Hall–Kier alpha value is -3.07. The van der Waals surface area contributed by atoms with Crippen LogP contribution in [0.25, 0.3) is 0 Å². The first kappa shape index (κ1) is 21.6. The van der Waals surface area contributed by atoms with Gasteiger partial charge in [0, 0.05) is 11.4 Å². The number of anilines is 1. The highest BCUT2D eigenvalue weighted by Crippen LogP contribution is 2.23. The van der Waals surface area contributed by atoms with Gasteiger partial charge in [0.15, 0.2) is 0 Å². The molecule has 1 aromatic heterocycles. The number of imide groups is 1. The minimum absolute atomic E-state index is 0.175. The van der Waals surface area contributed by atoms with Crippen LogP contribution in [0.15, 0.2) is 24.3 Å². The summed E-state index contributed by atoms with van der Waals surface area (Å²) >= 11 is 0.995. The van der Waals surface area contributed by atoms with Gasteiger partial charge in [0.25, 0.3) is 11.1 Å². The van der Waals surface area contributed by atoms with Crippen molar-refractivity contribution in [3.05, 3.63) is 52.3 Å². The van der Waals surface area contributed by atoms with Gasteiger partial charge in [-0.05, 0) is 51.0 Å². The number of amides is 3. The molecule has 0 saturated carbocycles. The second-order valence-electron chi connectivity index (χ2n) is 7.26. The number of nitrogens with one attached hydrogen (secondary N) is 2. The first-order valence-corrected chi connectivity index (χ1v) is 10.4. The number of benzene rings is 1. The van der Waals surface area contributed by atoms with E-state index in [0.717, 1.165) is 17.3 Å². The third kappa shape index (κ3) is 4.56. The number of carbonyl (C=O) groups excluding carboxylic acids is 4. The normalized spacial score (nSPS) is 13.8. The van der Waals surface area contributed by atoms with Crippen molar-refractivity contribution in [2.45, 2.75) is 40.3 Å². The van der Waals surface area contributed by atoms with E-state index in [-0.39, 0.29) is 41.1 Å². The molecule has 1 aromatic carbocycles. The maximum absolute atomic E-state index is 12.7. The predicted molar refractivity (Wildman–Crippen MR) is 114 cm³/mol.